The summed E-state index contributed by atoms with van der Waals surface area (Å²) < 4.78 is 1.71. The van der Waals surface area contributed by atoms with Gasteiger partial charge >= 0.3 is 0 Å². The molecule has 5 nitrogen and oxygen atoms in total. The Bertz CT molecular complexity index is 591. The second-order valence-electron chi connectivity index (χ2n) is 5.48. The lowest BCUT2D eigenvalue weighted by atomic mass is 10.1. The van der Waals surface area contributed by atoms with E-state index in [1.165, 1.54) is 6.33 Å². The average molecular weight is 270 g/mol. The minimum atomic E-state index is 0.0279. The quantitative estimate of drug-likeness (QED) is 0.925. The molecule has 1 aliphatic rings. The molecule has 0 spiro atoms. The Balaban J connectivity index is 1.66. The minimum absolute atomic E-state index is 0.0279. The van der Waals surface area contributed by atoms with Crippen LogP contribution in [0, 0.1) is 11.8 Å². The lowest BCUT2D eigenvalue weighted by Crippen LogP contribution is -2.28. The van der Waals surface area contributed by atoms with Crippen LogP contribution < -0.4 is 5.32 Å². The summed E-state index contributed by atoms with van der Waals surface area (Å²) in [6.07, 6.45) is 4.19. The van der Waals surface area contributed by atoms with Crippen LogP contribution in [0.2, 0.25) is 0 Å². The number of nitrogens with one attached hydrogen (secondary N) is 1. The Hall–Kier alpha value is -2.17. The van der Waals surface area contributed by atoms with Gasteiger partial charge in [-0.1, -0.05) is 19.1 Å². The maximum absolute atomic E-state index is 11.9. The molecule has 0 bridgehead atoms. The van der Waals surface area contributed by atoms with Crippen LogP contribution in [-0.2, 0) is 4.79 Å². The molecule has 104 valence electrons. The molecule has 1 fully saturated rings. The average Bonchev–Trinajstić information content (AvgIpc) is 2.97. The number of carbonyl (C=O) groups is 1. The summed E-state index contributed by atoms with van der Waals surface area (Å²) in [7, 11) is 0. The summed E-state index contributed by atoms with van der Waals surface area (Å²) >= 11 is 0. The van der Waals surface area contributed by atoms with Crippen LogP contribution in [0.1, 0.15) is 31.9 Å². The van der Waals surface area contributed by atoms with Crippen molar-refractivity contribution < 1.29 is 4.79 Å². The molecule has 1 heterocycles. The first-order valence-electron chi connectivity index (χ1n) is 6.90. The summed E-state index contributed by atoms with van der Waals surface area (Å²) in [5.41, 5.74) is 2.05. The van der Waals surface area contributed by atoms with E-state index in [0.717, 1.165) is 17.7 Å². The lowest BCUT2D eigenvalue weighted by molar-refractivity contribution is -0.123. The zero-order chi connectivity index (χ0) is 14.1. The fraction of sp³-hybridized carbons (Fsp3) is 0.400. The van der Waals surface area contributed by atoms with Crippen molar-refractivity contribution in [3.05, 3.63) is 42.5 Å². The highest BCUT2D eigenvalue weighted by Crippen LogP contribution is 2.38. The molecule has 1 aromatic heterocycles. The predicted molar refractivity (Wildman–Crippen MR) is 75.2 cm³/mol. The number of amides is 1. The van der Waals surface area contributed by atoms with Crippen molar-refractivity contribution in [2.75, 3.05) is 0 Å². The molecule has 20 heavy (non-hydrogen) atoms. The normalized spacial score (nSPS) is 22.3. The van der Waals surface area contributed by atoms with Crippen molar-refractivity contribution in [3.8, 4) is 5.69 Å². The number of benzene rings is 1. The van der Waals surface area contributed by atoms with Crippen LogP contribution in [0.5, 0.6) is 0 Å². The fourth-order valence-electron chi connectivity index (χ4n) is 2.35. The van der Waals surface area contributed by atoms with Gasteiger partial charge in [0.1, 0.15) is 12.7 Å². The predicted octanol–water partition coefficient (Wildman–Crippen LogP) is 2.10. The number of carbonyl (C=O) groups excluding carboxylic acids is 1. The summed E-state index contributed by atoms with van der Waals surface area (Å²) in [5.74, 6) is 0.925. The van der Waals surface area contributed by atoms with Gasteiger partial charge in [-0.2, -0.15) is 5.10 Å². The number of aromatic nitrogens is 3. The molecule has 1 aromatic carbocycles. The molecule has 3 atom stereocenters. The molecular formula is C15H18N4O. The van der Waals surface area contributed by atoms with E-state index in [2.05, 4.69) is 22.3 Å². The standard InChI is InChI=1S/C15H18N4O/c1-10-7-14(10)15(20)18-11(2)12-3-5-13(6-4-12)19-9-16-8-17-19/h3-6,8-11,14H,7H2,1-2H3,(H,18,20)/t10-,11-,14+/m0/s1. The Morgan fingerprint density at radius 1 is 1.40 bits per heavy atom. The molecule has 1 amide bonds. The van der Waals surface area contributed by atoms with Crippen LogP contribution in [-0.4, -0.2) is 20.7 Å². The van der Waals surface area contributed by atoms with Gasteiger partial charge in [0.05, 0.1) is 11.7 Å². The molecule has 1 saturated carbocycles. The molecule has 0 radical (unpaired) electrons. The number of hydrogen-bond acceptors (Lipinski definition) is 3. The fourth-order valence-corrected chi connectivity index (χ4v) is 2.35. The largest absolute Gasteiger partial charge is 0.349 e. The van der Waals surface area contributed by atoms with E-state index in [4.69, 9.17) is 0 Å². The molecule has 2 aromatic rings. The molecule has 0 aliphatic heterocycles. The Kier molecular flexibility index (Phi) is 3.26. The van der Waals surface area contributed by atoms with E-state index in [0.29, 0.717) is 5.92 Å². The van der Waals surface area contributed by atoms with Gasteiger partial charge in [0, 0.05) is 5.92 Å². The van der Waals surface area contributed by atoms with Crippen LogP contribution in [0.25, 0.3) is 5.69 Å². The summed E-state index contributed by atoms with van der Waals surface area (Å²) in [6, 6.07) is 8.01. The van der Waals surface area contributed by atoms with E-state index in [9.17, 15) is 4.79 Å². The number of rotatable bonds is 4. The third-order valence-electron chi connectivity index (χ3n) is 3.88. The molecule has 5 heteroatoms. The Morgan fingerprint density at radius 3 is 2.65 bits per heavy atom. The second kappa shape index (κ2) is 5.07. The summed E-state index contributed by atoms with van der Waals surface area (Å²) in [6.45, 7) is 4.12. The minimum Gasteiger partial charge on any atom is -0.349 e. The van der Waals surface area contributed by atoms with Gasteiger partial charge in [-0.15, -0.1) is 0 Å². The van der Waals surface area contributed by atoms with E-state index in [-0.39, 0.29) is 17.9 Å². The summed E-state index contributed by atoms with van der Waals surface area (Å²) in [5, 5.41) is 7.15. The van der Waals surface area contributed by atoms with Gasteiger partial charge in [-0.05, 0) is 37.0 Å². The highest BCUT2D eigenvalue weighted by atomic mass is 16.2. The van der Waals surface area contributed by atoms with Gasteiger partial charge in [0.15, 0.2) is 0 Å². The Morgan fingerprint density at radius 2 is 2.10 bits per heavy atom. The van der Waals surface area contributed by atoms with Gasteiger partial charge < -0.3 is 5.32 Å². The Labute approximate surface area is 118 Å². The highest BCUT2D eigenvalue weighted by Gasteiger charge is 2.39. The van der Waals surface area contributed by atoms with Crippen molar-refractivity contribution >= 4 is 5.91 Å². The maximum atomic E-state index is 11.9. The monoisotopic (exact) mass is 270 g/mol. The first-order chi connectivity index (χ1) is 9.65. The number of hydrogen-bond donors (Lipinski definition) is 1. The van der Waals surface area contributed by atoms with Crippen LogP contribution in [0.15, 0.2) is 36.9 Å². The number of nitrogens with zero attached hydrogens (tertiary/aromatic N) is 3. The van der Waals surface area contributed by atoms with Gasteiger partial charge in [-0.25, -0.2) is 9.67 Å². The van der Waals surface area contributed by atoms with E-state index >= 15 is 0 Å². The zero-order valence-electron chi connectivity index (χ0n) is 11.7. The van der Waals surface area contributed by atoms with Gasteiger partial charge in [0.2, 0.25) is 5.91 Å². The van der Waals surface area contributed by atoms with Crippen LogP contribution in [0.4, 0.5) is 0 Å². The smallest absolute Gasteiger partial charge is 0.223 e. The molecule has 0 saturated heterocycles. The van der Waals surface area contributed by atoms with Crippen molar-refractivity contribution in [1.82, 2.24) is 20.1 Å². The molecule has 1 N–H and O–H groups in total. The van der Waals surface area contributed by atoms with Crippen molar-refractivity contribution in [3.63, 3.8) is 0 Å². The first kappa shape index (κ1) is 12.8. The molecule has 3 rings (SSSR count). The first-order valence-corrected chi connectivity index (χ1v) is 6.90. The highest BCUT2D eigenvalue weighted by molar-refractivity contribution is 5.81. The SMILES string of the molecule is C[C@H](NC(=O)[C@@H]1C[C@@H]1C)c1ccc(-n2cncn2)cc1. The van der Waals surface area contributed by atoms with Crippen molar-refractivity contribution in [2.45, 2.75) is 26.3 Å². The van der Waals surface area contributed by atoms with E-state index in [1.54, 1.807) is 11.0 Å². The van der Waals surface area contributed by atoms with Crippen molar-refractivity contribution in [1.29, 1.82) is 0 Å². The maximum Gasteiger partial charge on any atom is 0.223 e. The molecule has 0 unspecified atom stereocenters. The molecular weight excluding hydrogens is 252 g/mol. The van der Waals surface area contributed by atoms with Crippen LogP contribution in [0.3, 0.4) is 0 Å². The third kappa shape index (κ3) is 2.57. The summed E-state index contributed by atoms with van der Waals surface area (Å²) in [4.78, 5) is 15.8. The van der Waals surface area contributed by atoms with Crippen molar-refractivity contribution in [2.24, 2.45) is 11.8 Å². The van der Waals surface area contributed by atoms with Gasteiger partial charge in [0.25, 0.3) is 0 Å². The zero-order valence-corrected chi connectivity index (χ0v) is 11.7. The third-order valence-corrected chi connectivity index (χ3v) is 3.88. The van der Waals surface area contributed by atoms with Gasteiger partial charge in [-0.3, -0.25) is 4.79 Å². The second-order valence-corrected chi connectivity index (χ2v) is 5.48. The van der Waals surface area contributed by atoms with E-state index in [1.807, 2.05) is 31.2 Å². The topological polar surface area (TPSA) is 59.8 Å². The molecule has 1 aliphatic carbocycles. The lowest BCUT2D eigenvalue weighted by Gasteiger charge is -2.14. The van der Waals surface area contributed by atoms with Crippen LogP contribution >= 0.6 is 0 Å². The van der Waals surface area contributed by atoms with E-state index < -0.39 is 0 Å².